The van der Waals surface area contributed by atoms with Crippen LogP contribution in [0.1, 0.15) is 0 Å². The Morgan fingerprint density at radius 1 is 0.327 bits per heavy atom. The number of furan rings is 1. The Morgan fingerprint density at radius 2 is 0.891 bits per heavy atom. The van der Waals surface area contributed by atoms with Gasteiger partial charge in [-0.25, -0.2) is 0 Å². The molecule has 2 nitrogen and oxygen atoms in total. The van der Waals surface area contributed by atoms with Crippen molar-refractivity contribution < 1.29 is 4.42 Å². The van der Waals surface area contributed by atoms with Gasteiger partial charge in [-0.2, -0.15) is 0 Å². The minimum absolute atomic E-state index is 0.897. The van der Waals surface area contributed by atoms with Gasteiger partial charge in [0.05, 0.1) is 0 Å². The van der Waals surface area contributed by atoms with E-state index in [1.165, 1.54) is 53.2 Å². The first-order valence-electron chi connectivity index (χ1n) is 18.7. The van der Waals surface area contributed by atoms with Gasteiger partial charge in [0, 0.05) is 48.0 Å². The zero-order valence-electron chi connectivity index (χ0n) is 29.8. The Kier molecular flexibility index (Phi) is 7.39. The third-order valence-corrected chi connectivity index (χ3v) is 12.0. The summed E-state index contributed by atoms with van der Waals surface area (Å²) < 4.78 is 8.92. The molecule has 2 aromatic heterocycles. The molecule has 0 saturated carbocycles. The van der Waals surface area contributed by atoms with Gasteiger partial charge in [-0.15, -0.1) is 11.3 Å². The molecule has 0 atom stereocenters. The fraction of sp³-hybridized carbons (Fsp3) is 0. The fourth-order valence-electron chi connectivity index (χ4n) is 8.17. The molecule has 55 heavy (non-hydrogen) atoms. The zero-order chi connectivity index (χ0) is 36.3. The van der Waals surface area contributed by atoms with E-state index in [1.54, 1.807) is 0 Å². The minimum atomic E-state index is 0.897. The molecule has 0 bridgehead atoms. The van der Waals surface area contributed by atoms with Crippen LogP contribution in [0.25, 0.3) is 86.3 Å². The maximum atomic E-state index is 6.29. The largest absolute Gasteiger partial charge is 0.456 e. The molecular weight excluding hydrogens is 687 g/mol. The van der Waals surface area contributed by atoms with Gasteiger partial charge in [-0.05, 0) is 111 Å². The molecule has 11 aromatic rings. The quantitative estimate of drug-likeness (QED) is 0.170. The lowest BCUT2D eigenvalue weighted by molar-refractivity contribution is 0.669. The molecular formula is C52H33NOS. The summed E-state index contributed by atoms with van der Waals surface area (Å²) in [6, 6.07) is 72.3. The highest BCUT2D eigenvalue weighted by molar-refractivity contribution is 7.25. The number of nitrogens with zero attached hydrogens (tertiary/aromatic N) is 1. The first-order valence-corrected chi connectivity index (χ1v) is 19.5. The van der Waals surface area contributed by atoms with Gasteiger partial charge in [0.15, 0.2) is 0 Å². The summed E-state index contributed by atoms with van der Waals surface area (Å²) in [5, 5.41) is 7.41. The van der Waals surface area contributed by atoms with Crippen LogP contribution >= 0.6 is 11.3 Å². The molecule has 0 aliphatic heterocycles. The molecule has 258 valence electrons. The lowest BCUT2D eigenvalue weighted by Gasteiger charge is -2.27. The van der Waals surface area contributed by atoms with Crippen LogP contribution in [0.3, 0.4) is 0 Å². The van der Waals surface area contributed by atoms with E-state index in [9.17, 15) is 0 Å². The Labute approximate surface area is 322 Å². The first kappa shape index (κ1) is 31.6. The summed E-state index contributed by atoms with van der Waals surface area (Å²) in [6.07, 6.45) is 0. The van der Waals surface area contributed by atoms with Gasteiger partial charge < -0.3 is 9.32 Å². The van der Waals surface area contributed by atoms with Gasteiger partial charge in [-0.3, -0.25) is 0 Å². The molecule has 2 heterocycles. The van der Waals surface area contributed by atoms with Crippen molar-refractivity contribution in [1.29, 1.82) is 0 Å². The van der Waals surface area contributed by atoms with Crippen molar-refractivity contribution in [2.24, 2.45) is 0 Å². The standard InChI is InChI=1S/C52H33NOS/c1-2-16-43-34(10-1)11-9-19-44(43)35-22-26-40(27-23-35)53(41-14-7-12-36(30-41)38-24-28-46-45-17-3-5-20-49(45)54-50(46)32-38)42-15-8-13-37(31-42)39-25-29-48-47-18-4-6-21-51(47)55-52(48)33-39/h1-33H. The maximum Gasteiger partial charge on any atom is 0.136 e. The fourth-order valence-corrected chi connectivity index (χ4v) is 9.32. The highest BCUT2D eigenvalue weighted by Gasteiger charge is 2.17. The normalized spacial score (nSPS) is 11.6. The van der Waals surface area contributed by atoms with Crippen molar-refractivity contribution >= 4 is 81.3 Å². The number of rotatable bonds is 6. The van der Waals surface area contributed by atoms with Crippen molar-refractivity contribution in [1.82, 2.24) is 0 Å². The number of para-hydroxylation sites is 1. The highest BCUT2D eigenvalue weighted by atomic mass is 32.1. The molecule has 0 fully saturated rings. The summed E-state index contributed by atoms with van der Waals surface area (Å²) >= 11 is 1.86. The van der Waals surface area contributed by atoms with E-state index < -0.39 is 0 Å². The molecule has 0 amide bonds. The van der Waals surface area contributed by atoms with E-state index in [0.717, 1.165) is 50.1 Å². The van der Waals surface area contributed by atoms with Gasteiger partial charge in [-0.1, -0.05) is 133 Å². The molecule has 0 radical (unpaired) electrons. The van der Waals surface area contributed by atoms with Crippen molar-refractivity contribution in [3.63, 3.8) is 0 Å². The Hall–Kier alpha value is -6.94. The van der Waals surface area contributed by atoms with Gasteiger partial charge in [0.2, 0.25) is 0 Å². The van der Waals surface area contributed by atoms with Crippen molar-refractivity contribution in [2.75, 3.05) is 4.90 Å². The third-order valence-electron chi connectivity index (χ3n) is 10.9. The van der Waals surface area contributed by atoms with E-state index in [4.69, 9.17) is 4.42 Å². The molecule has 3 heteroatoms. The molecule has 0 spiro atoms. The number of anilines is 3. The summed E-state index contributed by atoms with van der Waals surface area (Å²) in [6.45, 7) is 0. The van der Waals surface area contributed by atoms with E-state index in [1.807, 2.05) is 23.5 Å². The highest BCUT2D eigenvalue weighted by Crippen LogP contribution is 2.42. The number of benzene rings is 9. The first-order chi connectivity index (χ1) is 27.2. The van der Waals surface area contributed by atoms with Gasteiger partial charge in [0.25, 0.3) is 0 Å². The predicted octanol–water partition coefficient (Wildman–Crippen LogP) is 15.6. The van der Waals surface area contributed by atoms with Crippen LogP contribution in [-0.4, -0.2) is 0 Å². The van der Waals surface area contributed by atoms with Crippen LogP contribution in [-0.2, 0) is 0 Å². The van der Waals surface area contributed by atoms with E-state index in [2.05, 4.69) is 193 Å². The smallest absolute Gasteiger partial charge is 0.136 e. The number of fused-ring (bicyclic) bond motifs is 7. The Bertz CT molecular complexity index is 3060. The summed E-state index contributed by atoms with van der Waals surface area (Å²) in [5.41, 5.74) is 12.1. The van der Waals surface area contributed by atoms with Gasteiger partial charge in [0.1, 0.15) is 11.2 Å². The van der Waals surface area contributed by atoms with Crippen LogP contribution in [0.2, 0.25) is 0 Å². The molecule has 0 aliphatic rings. The van der Waals surface area contributed by atoms with E-state index in [0.29, 0.717) is 0 Å². The van der Waals surface area contributed by atoms with Crippen molar-refractivity contribution in [2.45, 2.75) is 0 Å². The molecule has 11 rings (SSSR count). The average molecular weight is 720 g/mol. The molecule has 0 aliphatic carbocycles. The second-order valence-corrected chi connectivity index (χ2v) is 15.2. The lowest BCUT2D eigenvalue weighted by atomic mass is 9.98. The molecule has 0 N–H and O–H groups in total. The van der Waals surface area contributed by atoms with Crippen LogP contribution in [0.4, 0.5) is 17.1 Å². The average Bonchev–Trinajstić information content (AvgIpc) is 3.82. The summed E-state index contributed by atoms with van der Waals surface area (Å²) in [7, 11) is 0. The monoisotopic (exact) mass is 719 g/mol. The zero-order valence-corrected chi connectivity index (χ0v) is 30.6. The lowest BCUT2D eigenvalue weighted by Crippen LogP contribution is -2.10. The minimum Gasteiger partial charge on any atom is -0.456 e. The predicted molar refractivity (Wildman–Crippen MR) is 235 cm³/mol. The molecule has 0 unspecified atom stereocenters. The number of thiophene rings is 1. The van der Waals surface area contributed by atoms with Crippen LogP contribution in [0, 0.1) is 0 Å². The van der Waals surface area contributed by atoms with Crippen LogP contribution in [0.5, 0.6) is 0 Å². The maximum absolute atomic E-state index is 6.29. The van der Waals surface area contributed by atoms with Crippen molar-refractivity contribution in [3.05, 3.63) is 200 Å². The SMILES string of the molecule is c1cc(-c2ccc3c(c2)oc2ccccc23)cc(N(c2ccc(-c3cccc4ccccc34)cc2)c2cccc(-c3ccc4c(c3)sc3ccccc34)c2)c1. The van der Waals surface area contributed by atoms with Crippen molar-refractivity contribution in [3.8, 4) is 33.4 Å². The third kappa shape index (κ3) is 5.48. The Morgan fingerprint density at radius 3 is 1.69 bits per heavy atom. The second kappa shape index (κ2) is 12.9. The molecule has 9 aromatic carbocycles. The Balaban J connectivity index is 1.03. The number of hydrogen-bond acceptors (Lipinski definition) is 3. The molecule has 0 saturated heterocycles. The van der Waals surface area contributed by atoms with E-state index in [-0.39, 0.29) is 0 Å². The van der Waals surface area contributed by atoms with Crippen LogP contribution in [0.15, 0.2) is 205 Å². The topological polar surface area (TPSA) is 16.4 Å². The summed E-state index contributed by atoms with van der Waals surface area (Å²) in [5.74, 6) is 0. The number of hydrogen-bond donors (Lipinski definition) is 0. The van der Waals surface area contributed by atoms with E-state index >= 15 is 0 Å². The van der Waals surface area contributed by atoms with Gasteiger partial charge >= 0.3 is 0 Å². The van der Waals surface area contributed by atoms with Crippen LogP contribution < -0.4 is 4.90 Å². The summed E-state index contributed by atoms with van der Waals surface area (Å²) in [4.78, 5) is 2.37. The second-order valence-electron chi connectivity index (χ2n) is 14.1.